The van der Waals surface area contributed by atoms with Gasteiger partial charge >= 0.3 is 6.09 Å². The van der Waals surface area contributed by atoms with Crippen LogP contribution >= 0.6 is 0 Å². The van der Waals surface area contributed by atoms with Gasteiger partial charge in [0.2, 0.25) is 0 Å². The summed E-state index contributed by atoms with van der Waals surface area (Å²) in [6.07, 6.45) is -1.33. The van der Waals surface area contributed by atoms with Gasteiger partial charge < -0.3 is 24.6 Å². The van der Waals surface area contributed by atoms with E-state index in [1.807, 2.05) is 0 Å². The zero-order valence-electron chi connectivity index (χ0n) is 10.4. The number of aliphatic hydroxyl groups excluding tert-OH is 1. The van der Waals surface area contributed by atoms with Gasteiger partial charge in [0.15, 0.2) is 6.29 Å². The molecule has 0 rings (SSSR count). The summed E-state index contributed by atoms with van der Waals surface area (Å²) < 4.78 is 14.9. The van der Waals surface area contributed by atoms with Crippen molar-refractivity contribution in [3.63, 3.8) is 0 Å². The van der Waals surface area contributed by atoms with Crippen molar-refractivity contribution in [1.29, 1.82) is 0 Å². The second kappa shape index (κ2) is 6.67. The molecule has 16 heavy (non-hydrogen) atoms. The minimum atomic E-state index is -0.711. The zero-order valence-corrected chi connectivity index (χ0v) is 10.4. The topological polar surface area (TPSA) is 77.0 Å². The van der Waals surface area contributed by atoms with Gasteiger partial charge in [-0.15, -0.1) is 0 Å². The van der Waals surface area contributed by atoms with Crippen molar-refractivity contribution in [1.82, 2.24) is 5.32 Å². The summed E-state index contributed by atoms with van der Waals surface area (Å²) in [4.78, 5) is 11.4. The second-order valence-electron chi connectivity index (χ2n) is 4.28. The highest BCUT2D eigenvalue weighted by molar-refractivity contribution is 5.68. The summed E-state index contributed by atoms with van der Waals surface area (Å²) in [7, 11) is 2.85. The monoisotopic (exact) mass is 235 g/mol. The molecule has 6 heteroatoms. The number of alkyl carbamates (subject to hydrolysis) is 1. The Morgan fingerprint density at radius 1 is 1.31 bits per heavy atom. The molecule has 96 valence electrons. The fourth-order valence-corrected chi connectivity index (χ4v) is 1.08. The van der Waals surface area contributed by atoms with Crippen molar-refractivity contribution in [2.75, 3.05) is 20.8 Å². The summed E-state index contributed by atoms with van der Waals surface area (Å²) >= 11 is 0. The molecule has 0 bridgehead atoms. The van der Waals surface area contributed by atoms with Gasteiger partial charge in [-0.25, -0.2) is 4.79 Å². The molecule has 0 unspecified atom stereocenters. The van der Waals surface area contributed by atoms with Crippen molar-refractivity contribution in [3.8, 4) is 0 Å². The number of methoxy groups -OCH3 is 2. The third-order valence-corrected chi connectivity index (χ3v) is 1.69. The number of aliphatic hydroxyl groups is 1. The van der Waals surface area contributed by atoms with E-state index in [0.717, 1.165) is 0 Å². The Labute approximate surface area is 95.9 Å². The van der Waals surface area contributed by atoms with Crippen molar-refractivity contribution in [2.24, 2.45) is 0 Å². The zero-order chi connectivity index (χ0) is 12.8. The first-order valence-corrected chi connectivity index (χ1v) is 5.00. The first kappa shape index (κ1) is 15.2. The van der Waals surface area contributed by atoms with Crippen LogP contribution in [0, 0.1) is 0 Å². The Morgan fingerprint density at radius 2 is 1.81 bits per heavy atom. The van der Waals surface area contributed by atoms with E-state index in [4.69, 9.17) is 19.3 Å². The lowest BCUT2D eigenvalue weighted by molar-refractivity contribution is -0.129. The molecule has 0 aliphatic rings. The highest BCUT2D eigenvalue weighted by Gasteiger charge is 2.25. The van der Waals surface area contributed by atoms with Gasteiger partial charge in [-0.3, -0.25) is 0 Å². The molecule has 0 aromatic carbocycles. The summed E-state index contributed by atoms with van der Waals surface area (Å²) in [5.74, 6) is 0. The van der Waals surface area contributed by atoms with Gasteiger partial charge in [-0.1, -0.05) is 0 Å². The van der Waals surface area contributed by atoms with Crippen LogP contribution in [0.15, 0.2) is 0 Å². The van der Waals surface area contributed by atoms with E-state index < -0.39 is 24.0 Å². The maximum absolute atomic E-state index is 11.4. The Bertz CT molecular complexity index is 210. The largest absolute Gasteiger partial charge is 0.444 e. The third kappa shape index (κ3) is 5.89. The Kier molecular flexibility index (Phi) is 6.32. The van der Waals surface area contributed by atoms with Crippen LogP contribution in [0.4, 0.5) is 4.79 Å². The van der Waals surface area contributed by atoms with Crippen molar-refractivity contribution in [2.45, 2.75) is 38.7 Å². The molecular weight excluding hydrogens is 214 g/mol. The van der Waals surface area contributed by atoms with Crippen molar-refractivity contribution in [3.05, 3.63) is 0 Å². The first-order chi connectivity index (χ1) is 7.34. The number of rotatable bonds is 5. The molecule has 0 spiro atoms. The molecule has 0 aromatic heterocycles. The third-order valence-electron chi connectivity index (χ3n) is 1.69. The Morgan fingerprint density at radius 3 is 2.12 bits per heavy atom. The predicted molar refractivity (Wildman–Crippen MR) is 58.0 cm³/mol. The molecule has 0 radical (unpaired) electrons. The lowest BCUT2D eigenvalue weighted by Gasteiger charge is -2.26. The van der Waals surface area contributed by atoms with E-state index in [2.05, 4.69) is 5.32 Å². The first-order valence-electron chi connectivity index (χ1n) is 5.00. The maximum atomic E-state index is 11.4. The number of hydrogen-bond donors (Lipinski definition) is 2. The highest BCUT2D eigenvalue weighted by atomic mass is 16.7. The average Bonchev–Trinajstić information content (AvgIpc) is 2.15. The van der Waals surface area contributed by atoms with E-state index in [1.165, 1.54) is 14.2 Å². The van der Waals surface area contributed by atoms with Gasteiger partial charge in [0.25, 0.3) is 0 Å². The molecule has 2 N–H and O–H groups in total. The lowest BCUT2D eigenvalue weighted by atomic mass is 10.2. The Hall–Kier alpha value is -0.850. The maximum Gasteiger partial charge on any atom is 0.408 e. The number of amides is 1. The van der Waals surface area contributed by atoms with Crippen molar-refractivity contribution >= 4 is 6.09 Å². The molecule has 0 saturated carbocycles. The van der Waals surface area contributed by atoms with Crippen LogP contribution in [-0.4, -0.2) is 50.0 Å². The number of ether oxygens (including phenoxy) is 3. The SMILES string of the molecule is COC(OC)[C@H](CO)NC(=O)OC(C)(C)C. The summed E-state index contributed by atoms with van der Waals surface area (Å²) in [6, 6.07) is -0.662. The van der Waals surface area contributed by atoms with Gasteiger partial charge in [0.05, 0.1) is 6.61 Å². The molecule has 0 heterocycles. The van der Waals surface area contributed by atoms with E-state index in [9.17, 15) is 4.79 Å². The number of nitrogens with one attached hydrogen (secondary N) is 1. The fraction of sp³-hybridized carbons (Fsp3) is 0.900. The molecule has 0 aliphatic heterocycles. The number of hydrogen-bond acceptors (Lipinski definition) is 5. The summed E-state index contributed by atoms with van der Waals surface area (Å²) in [6.45, 7) is 4.96. The van der Waals surface area contributed by atoms with Gasteiger partial charge in [0, 0.05) is 14.2 Å². The molecule has 1 atom stereocenters. The van der Waals surface area contributed by atoms with Crippen LogP contribution in [0.3, 0.4) is 0 Å². The van der Waals surface area contributed by atoms with Crippen LogP contribution in [-0.2, 0) is 14.2 Å². The van der Waals surface area contributed by atoms with E-state index in [0.29, 0.717) is 0 Å². The van der Waals surface area contributed by atoms with Crippen LogP contribution in [0.25, 0.3) is 0 Å². The van der Waals surface area contributed by atoms with Gasteiger partial charge in [-0.2, -0.15) is 0 Å². The summed E-state index contributed by atoms with van der Waals surface area (Å²) in [5, 5.41) is 11.5. The minimum absolute atomic E-state index is 0.300. The van der Waals surface area contributed by atoms with Gasteiger partial charge in [-0.05, 0) is 20.8 Å². The van der Waals surface area contributed by atoms with Gasteiger partial charge in [0.1, 0.15) is 11.6 Å². The second-order valence-corrected chi connectivity index (χ2v) is 4.28. The number of carbonyl (C=O) groups is 1. The fourth-order valence-electron chi connectivity index (χ4n) is 1.08. The molecule has 0 fully saturated rings. The summed E-state index contributed by atoms with van der Waals surface area (Å²) in [5.41, 5.74) is -0.584. The highest BCUT2D eigenvalue weighted by Crippen LogP contribution is 2.07. The predicted octanol–water partition coefficient (Wildman–Crippen LogP) is 0.491. The normalized spacial score (nSPS) is 13.7. The van der Waals surface area contributed by atoms with E-state index >= 15 is 0 Å². The molecular formula is C10H21NO5. The molecule has 0 saturated heterocycles. The Balaban J connectivity index is 4.26. The number of carbonyl (C=O) groups excluding carboxylic acids is 1. The minimum Gasteiger partial charge on any atom is -0.444 e. The van der Waals surface area contributed by atoms with Crippen LogP contribution in [0.5, 0.6) is 0 Å². The molecule has 0 aliphatic carbocycles. The quantitative estimate of drug-likeness (QED) is 0.678. The van der Waals surface area contributed by atoms with Crippen LogP contribution in [0.2, 0.25) is 0 Å². The van der Waals surface area contributed by atoms with E-state index in [1.54, 1.807) is 20.8 Å². The average molecular weight is 235 g/mol. The lowest BCUT2D eigenvalue weighted by Crippen LogP contribution is -2.48. The van der Waals surface area contributed by atoms with E-state index in [-0.39, 0.29) is 6.61 Å². The smallest absolute Gasteiger partial charge is 0.408 e. The van der Waals surface area contributed by atoms with Crippen molar-refractivity contribution < 1.29 is 24.1 Å². The molecule has 0 aromatic rings. The molecule has 6 nitrogen and oxygen atoms in total. The molecule has 1 amide bonds. The standard InChI is InChI=1S/C10H21NO5/c1-10(2,3)16-9(13)11-7(6-12)8(14-4)15-5/h7-8,12H,6H2,1-5H3,(H,11,13)/t7-/m0/s1. The van der Waals surface area contributed by atoms with Crippen LogP contribution < -0.4 is 5.32 Å². The van der Waals surface area contributed by atoms with Crippen LogP contribution in [0.1, 0.15) is 20.8 Å².